The van der Waals surface area contributed by atoms with Gasteiger partial charge in [-0.3, -0.25) is 4.79 Å². The Morgan fingerprint density at radius 2 is 2.07 bits per heavy atom. The van der Waals surface area contributed by atoms with Crippen molar-refractivity contribution in [2.45, 2.75) is 13.8 Å². The molecule has 0 radical (unpaired) electrons. The van der Waals surface area contributed by atoms with Gasteiger partial charge in [-0.15, -0.1) is 5.10 Å². The number of aryl methyl sites for hydroxylation is 2. The van der Waals surface area contributed by atoms with Crippen LogP contribution in [-0.4, -0.2) is 38.1 Å². The molecule has 1 aromatic carbocycles. The number of ether oxygens (including phenoxy) is 1. The van der Waals surface area contributed by atoms with E-state index in [1.54, 1.807) is 19.9 Å². The molecule has 0 saturated carbocycles. The lowest BCUT2D eigenvalue weighted by molar-refractivity contribution is -0.119. The van der Waals surface area contributed by atoms with E-state index in [2.05, 4.69) is 20.4 Å². The summed E-state index contributed by atoms with van der Waals surface area (Å²) in [7, 11) is 0. The number of nitriles is 1. The summed E-state index contributed by atoms with van der Waals surface area (Å²) in [5.41, 5.74) is 1.96. The third kappa shape index (κ3) is 4.02. The predicted molar refractivity (Wildman–Crippen MR) is 95.3 cm³/mol. The van der Waals surface area contributed by atoms with Crippen molar-refractivity contribution < 1.29 is 14.3 Å². The Morgan fingerprint density at radius 3 is 2.81 bits per heavy atom. The van der Waals surface area contributed by atoms with E-state index >= 15 is 0 Å². The van der Waals surface area contributed by atoms with Crippen LogP contribution < -0.4 is 5.32 Å². The zero-order chi connectivity index (χ0) is 19.6. The van der Waals surface area contributed by atoms with Gasteiger partial charge in [0.15, 0.2) is 6.61 Å². The molecule has 3 rings (SSSR count). The first-order chi connectivity index (χ1) is 12.9. The second-order valence-corrected chi connectivity index (χ2v) is 6.05. The van der Waals surface area contributed by atoms with Gasteiger partial charge in [-0.05, 0) is 38.1 Å². The van der Waals surface area contributed by atoms with Crippen LogP contribution >= 0.6 is 11.6 Å². The quantitative estimate of drug-likeness (QED) is 0.683. The van der Waals surface area contributed by atoms with Crippen molar-refractivity contribution in [3.63, 3.8) is 0 Å². The number of halogens is 1. The van der Waals surface area contributed by atoms with Gasteiger partial charge in [-0.2, -0.15) is 10.2 Å². The summed E-state index contributed by atoms with van der Waals surface area (Å²) < 4.78 is 6.34. The Kier molecular flexibility index (Phi) is 5.00. The van der Waals surface area contributed by atoms with Crippen LogP contribution in [0.2, 0.25) is 5.02 Å². The van der Waals surface area contributed by atoms with Gasteiger partial charge >= 0.3 is 5.97 Å². The number of nitrogens with zero attached hydrogens (tertiary/aromatic N) is 5. The molecule has 10 heteroatoms. The van der Waals surface area contributed by atoms with E-state index in [1.165, 1.54) is 22.7 Å². The maximum atomic E-state index is 12.1. The van der Waals surface area contributed by atoms with Crippen molar-refractivity contribution in [2.75, 3.05) is 11.9 Å². The number of anilines is 1. The lowest BCUT2D eigenvalue weighted by Gasteiger charge is -2.07. The standard InChI is InChI=1S/C17H13ClN6O3/c1-9-5-10(2)24-17(20-9)22-15(23-24)16(26)27-8-14(25)21-13-6-12(18)4-3-11(13)7-19/h3-6H,8H2,1-2H3,(H,21,25). The summed E-state index contributed by atoms with van der Waals surface area (Å²) in [6.07, 6.45) is 0. The molecule has 0 fully saturated rings. The smallest absolute Gasteiger partial charge is 0.378 e. The Bertz CT molecular complexity index is 1100. The second kappa shape index (κ2) is 7.39. The van der Waals surface area contributed by atoms with Gasteiger partial charge in [-0.25, -0.2) is 14.3 Å². The number of rotatable bonds is 4. The van der Waals surface area contributed by atoms with Gasteiger partial charge in [0, 0.05) is 16.4 Å². The number of amides is 1. The molecule has 9 nitrogen and oxygen atoms in total. The molecule has 27 heavy (non-hydrogen) atoms. The molecule has 0 bridgehead atoms. The zero-order valence-corrected chi connectivity index (χ0v) is 15.1. The summed E-state index contributed by atoms with van der Waals surface area (Å²) in [5, 5.41) is 15.9. The number of carbonyl (C=O) groups excluding carboxylic acids is 2. The van der Waals surface area contributed by atoms with Gasteiger partial charge in [0.1, 0.15) is 6.07 Å². The van der Waals surface area contributed by atoms with Crippen molar-refractivity contribution in [2.24, 2.45) is 0 Å². The third-order valence-electron chi connectivity index (χ3n) is 3.51. The van der Waals surface area contributed by atoms with Crippen LogP contribution in [0, 0.1) is 25.2 Å². The first kappa shape index (κ1) is 18.3. The first-order valence-corrected chi connectivity index (χ1v) is 8.13. The molecule has 0 aliphatic heterocycles. The molecule has 136 valence electrons. The first-order valence-electron chi connectivity index (χ1n) is 7.75. The molecule has 2 aromatic heterocycles. The summed E-state index contributed by atoms with van der Waals surface area (Å²) in [6.45, 7) is 3.03. The Balaban J connectivity index is 1.67. The molecule has 0 unspecified atom stereocenters. The number of carbonyl (C=O) groups is 2. The van der Waals surface area contributed by atoms with Crippen LogP contribution in [0.3, 0.4) is 0 Å². The number of benzene rings is 1. The number of esters is 1. The molecule has 3 aromatic rings. The zero-order valence-electron chi connectivity index (χ0n) is 14.4. The van der Waals surface area contributed by atoms with Crippen LogP contribution in [0.4, 0.5) is 5.69 Å². The van der Waals surface area contributed by atoms with Crippen molar-refractivity contribution in [3.05, 3.63) is 52.1 Å². The fourth-order valence-electron chi connectivity index (χ4n) is 2.35. The average molecular weight is 385 g/mol. The highest BCUT2D eigenvalue weighted by molar-refractivity contribution is 6.31. The van der Waals surface area contributed by atoms with Gasteiger partial charge in [0.05, 0.1) is 11.3 Å². The van der Waals surface area contributed by atoms with Gasteiger partial charge in [0.25, 0.3) is 17.5 Å². The molecule has 0 saturated heterocycles. The topological polar surface area (TPSA) is 122 Å². The highest BCUT2D eigenvalue weighted by atomic mass is 35.5. The lowest BCUT2D eigenvalue weighted by atomic mass is 10.2. The summed E-state index contributed by atoms with van der Waals surface area (Å²) in [4.78, 5) is 32.3. The van der Waals surface area contributed by atoms with E-state index in [1.807, 2.05) is 6.07 Å². The number of hydrogen-bond acceptors (Lipinski definition) is 7. The highest BCUT2D eigenvalue weighted by Crippen LogP contribution is 2.20. The minimum atomic E-state index is -0.862. The van der Waals surface area contributed by atoms with E-state index in [-0.39, 0.29) is 22.9 Å². The van der Waals surface area contributed by atoms with E-state index < -0.39 is 18.5 Å². The van der Waals surface area contributed by atoms with Crippen molar-refractivity contribution in [1.82, 2.24) is 19.6 Å². The van der Waals surface area contributed by atoms with E-state index in [9.17, 15) is 9.59 Å². The maximum Gasteiger partial charge on any atom is 0.378 e. The van der Waals surface area contributed by atoms with Crippen LogP contribution in [0.25, 0.3) is 5.78 Å². The monoisotopic (exact) mass is 384 g/mol. The van der Waals surface area contributed by atoms with Crippen LogP contribution in [0.5, 0.6) is 0 Å². The molecular weight excluding hydrogens is 372 g/mol. The van der Waals surface area contributed by atoms with Gasteiger partial charge in [0.2, 0.25) is 0 Å². The average Bonchev–Trinajstić information content (AvgIpc) is 3.04. The summed E-state index contributed by atoms with van der Waals surface area (Å²) in [6, 6.07) is 8.16. The highest BCUT2D eigenvalue weighted by Gasteiger charge is 2.18. The fraction of sp³-hybridized carbons (Fsp3) is 0.176. The largest absolute Gasteiger partial charge is 0.450 e. The fourth-order valence-corrected chi connectivity index (χ4v) is 2.52. The van der Waals surface area contributed by atoms with Gasteiger partial charge < -0.3 is 10.1 Å². The predicted octanol–water partition coefficient (Wildman–Crippen LogP) is 2.06. The van der Waals surface area contributed by atoms with Crippen LogP contribution in [0.1, 0.15) is 27.6 Å². The molecule has 1 N–H and O–H groups in total. The van der Waals surface area contributed by atoms with Crippen molar-refractivity contribution >= 4 is 34.9 Å². The molecule has 2 heterocycles. The third-order valence-corrected chi connectivity index (χ3v) is 3.75. The van der Waals surface area contributed by atoms with E-state index in [0.29, 0.717) is 5.02 Å². The Morgan fingerprint density at radius 1 is 1.30 bits per heavy atom. The number of hydrogen-bond donors (Lipinski definition) is 1. The number of fused-ring (bicyclic) bond motifs is 1. The van der Waals surface area contributed by atoms with Gasteiger partial charge in [-0.1, -0.05) is 11.6 Å². The van der Waals surface area contributed by atoms with Crippen LogP contribution in [0.15, 0.2) is 24.3 Å². The van der Waals surface area contributed by atoms with Crippen LogP contribution in [-0.2, 0) is 9.53 Å². The normalized spacial score (nSPS) is 10.4. The SMILES string of the molecule is Cc1cc(C)n2nc(C(=O)OCC(=O)Nc3cc(Cl)ccc3C#N)nc2n1. The minimum absolute atomic E-state index is 0.204. The molecule has 0 spiro atoms. The second-order valence-electron chi connectivity index (χ2n) is 5.61. The summed E-state index contributed by atoms with van der Waals surface area (Å²) >= 11 is 5.86. The maximum absolute atomic E-state index is 12.1. The number of aromatic nitrogens is 4. The van der Waals surface area contributed by atoms with E-state index in [0.717, 1.165) is 11.4 Å². The molecule has 0 aliphatic rings. The van der Waals surface area contributed by atoms with Crippen molar-refractivity contribution in [3.8, 4) is 6.07 Å². The lowest BCUT2D eigenvalue weighted by Crippen LogP contribution is -2.22. The minimum Gasteiger partial charge on any atom is -0.450 e. The number of nitrogens with one attached hydrogen (secondary N) is 1. The van der Waals surface area contributed by atoms with E-state index in [4.69, 9.17) is 21.6 Å². The Labute approximate surface area is 158 Å². The summed E-state index contributed by atoms with van der Waals surface area (Å²) in [5.74, 6) is -1.43. The molecular formula is C17H13ClN6O3. The molecule has 1 amide bonds. The Hall–Kier alpha value is -3.51. The molecule has 0 atom stereocenters. The van der Waals surface area contributed by atoms with Crippen molar-refractivity contribution in [1.29, 1.82) is 5.26 Å². The molecule has 0 aliphatic carbocycles.